The van der Waals surface area contributed by atoms with Gasteiger partial charge in [0.2, 0.25) is 6.79 Å². The van der Waals surface area contributed by atoms with Crippen molar-refractivity contribution >= 4 is 17.3 Å². The van der Waals surface area contributed by atoms with Crippen LogP contribution >= 0.6 is 12.2 Å². The average Bonchev–Trinajstić information content (AvgIpc) is 2.71. The maximum atomic E-state index is 5.47. The lowest BCUT2D eigenvalue weighted by Crippen LogP contribution is -2.32. The minimum atomic E-state index is 0.266. The Kier molecular flexibility index (Phi) is 3.31. The van der Waals surface area contributed by atoms with Crippen molar-refractivity contribution in [3.63, 3.8) is 0 Å². The average molecular weight is 240 g/mol. The van der Waals surface area contributed by atoms with Gasteiger partial charge in [-0.25, -0.2) is 0 Å². The molecule has 0 saturated carbocycles. The van der Waals surface area contributed by atoms with Gasteiger partial charge >= 0.3 is 0 Å². The molecule has 6 heteroatoms. The van der Waals surface area contributed by atoms with E-state index in [4.69, 9.17) is 19.9 Å². The van der Waals surface area contributed by atoms with Crippen LogP contribution in [0.2, 0.25) is 0 Å². The van der Waals surface area contributed by atoms with Crippen LogP contribution < -0.4 is 25.3 Å². The van der Waals surface area contributed by atoms with Crippen LogP contribution in [0.1, 0.15) is 0 Å². The van der Waals surface area contributed by atoms with Gasteiger partial charge in [0.1, 0.15) is 12.4 Å². The predicted molar refractivity (Wildman–Crippen MR) is 62.8 cm³/mol. The van der Waals surface area contributed by atoms with Gasteiger partial charge in [0, 0.05) is 6.07 Å². The van der Waals surface area contributed by atoms with Gasteiger partial charge in [0.15, 0.2) is 16.6 Å². The summed E-state index contributed by atoms with van der Waals surface area (Å²) in [6.07, 6.45) is 0. The minimum Gasteiger partial charge on any atom is -0.492 e. The number of hydrogen-bond donors (Lipinski definition) is 2. The summed E-state index contributed by atoms with van der Waals surface area (Å²) >= 11 is 4.67. The molecule has 0 unspecified atom stereocenters. The van der Waals surface area contributed by atoms with Crippen LogP contribution in [0.4, 0.5) is 0 Å². The summed E-state index contributed by atoms with van der Waals surface area (Å²) in [5.74, 6) is 2.18. The van der Waals surface area contributed by atoms with E-state index in [-0.39, 0.29) is 11.9 Å². The van der Waals surface area contributed by atoms with E-state index in [1.54, 1.807) is 6.07 Å². The molecule has 0 amide bonds. The van der Waals surface area contributed by atoms with Crippen LogP contribution in [-0.4, -0.2) is 25.1 Å². The lowest BCUT2D eigenvalue weighted by Gasteiger charge is -2.07. The lowest BCUT2D eigenvalue weighted by molar-refractivity contribution is 0.173. The Labute approximate surface area is 98.5 Å². The van der Waals surface area contributed by atoms with Gasteiger partial charge in [-0.05, 0) is 24.4 Å². The molecule has 16 heavy (non-hydrogen) atoms. The van der Waals surface area contributed by atoms with Gasteiger partial charge in [-0.2, -0.15) is 0 Å². The first-order valence-corrected chi connectivity index (χ1v) is 5.22. The molecule has 1 heterocycles. The lowest BCUT2D eigenvalue weighted by atomic mass is 10.3. The van der Waals surface area contributed by atoms with Crippen molar-refractivity contribution in [3.8, 4) is 17.2 Å². The Morgan fingerprint density at radius 2 is 2.25 bits per heavy atom. The van der Waals surface area contributed by atoms with Gasteiger partial charge in [-0.1, -0.05) is 0 Å². The molecule has 1 aliphatic heterocycles. The molecule has 3 N–H and O–H groups in total. The fourth-order valence-electron chi connectivity index (χ4n) is 1.31. The van der Waals surface area contributed by atoms with Crippen molar-refractivity contribution in [2.75, 3.05) is 19.9 Å². The van der Waals surface area contributed by atoms with E-state index in [0.29, 0.717) is 18.9 Å². The number of thiocarbonyl (C=S) groups is 1. The number of ether oxygens (including phenoxy) is 3. The summed E-state index contributed by atoms with van der Waals surface area (Å²) in [4.78, 5) is 0. The van der Waals surface area contributed by atoms with E-state index in [9.17, 15) is 0 Å². The summed E-state index contributed by atoms with van der Waals surface area (Å²) in [6, 6.07) is 5.44. The molecule has 0 radical (unpaired) electrons. The Hall–Kier alpha value is -1.69. The normalized spacial score (nSPS) is 12.2. The van der Waals surface area contributed by atoms with Gasteiger partial charge in [0.25, 0.3) is 0 Å². The van der Waals surface area contributed by atoms with Crippen LogP contribution in [0.5, 0.6) is 17.2 Å². The highest BCUT2D eigenvalue weighted by Crippen LogP contribution is 2.34. The van der Waals surface area contributed by atoms with Crippen LogP contribution in [0.25, 0.3) is 0 Å². The molecular formula is C10H12N2O3S. The molecule has 5 nitrogen and oxygen atoms in total. The standard InChI is InChI=1S/C10H12N2O3S/c11-10(16)12-3-4-13-7-1-2-8-9(5-7)15-6-14-8/h1-2,5H,3-4,6H2,(H3,11,12,16). The molecule has 1 aliphatic rings. The molecule has 1 aromatic carbocycles. The molecular weight excluding hydrogens is 228 g/mol. The zero-order chi connectivity index (χ0) is 11.4. The number of rotatable bonds is 4. The fraction of sp³-hybridized carbons (Fsp3) is 0.300. The summed E-state index contributed by atoms with van der Waals surface area (Å²) in [5.41, 5.74) is 5.27. The first-order chi connectivity index (χ1) is 7.75. The van der Waals surface area contributed by atoms with Crippen LogP contribution in [0, 0.1) is 0 Å². The third-order valence-electron chi connectivity index (χ3n) is 2.01. The van der Waals surface area contributed by atoms with Crippen LogP contribution in [0.3, 0.4) is 0 Å². The van der Waals surface area contributed by atoms with Crippen molar-refractivity contribution in [3.05, 3.63) is 18.2 Å². The topological polar surface area (TPSA) is 65.7 Å². The molecule has 0 fully saturated rings. The molecule has 0 saturated heterocycles. The van der Waals surface area contributed by atoms with E-state index in [0.717, 1.165) is 11.5 Å². The molecule has 2 rings (SSSR count). The zero-order valence-electron chi connectivity index (χ0n) is 8.56. The van der Waals surface area contributed by atoms with E-state index < -0.39 is 0 Å². The van der Waals surface area contributed by atoms with Crippen LogP contribution in [-0.2, 0) is 0 Å². The number of nitrogens with one attached hydrogen (secondary N) is 1. The summed E-state index contributed by atoms with van der Waals surface area (Å²) in [5, 5.41) is 3.07. The monoisotopic (exact) mass is 240 g/mol. The van der Waals surface area contributed by atoms with Gasteiger partial charge < -0.3 is 25.3 Å². The second kappa shape index (κ2) is 4.89. The third kappa shape index (κ3) is 2.66. The maximum absolute atomic E-state index is 5.47. The Bertz CT molecular complexity index is 398. The first kappa shape index (κ1) is 10.8. The van der Waals surface area contributed by atoms with Gasteiger partial charge in [-0.15, -0.1) is 0 Å². The zero-order valence-corrected chi connectivity index (χ0v) is 9.38. The molecule has 1 aromatic rings. The Morgan fingerprint density at radius 3 is 3.06 bits per heavy atom. The number of nitrogens with two attached hydrogens (primary N) is 1. The molecule has 0 aliphatic carbocycles. The molecule has 0 atom stereocenters. The molecule has 0 spiro atoms. The molecule has 0 bridgehead atoms. The van der Waals surface area contributed by atoms with E-state index in [1.165, 1.54) is 0 Å². The third-order valence-corrected chi connectivity index (χ3v) is 2.16. The minimum absolute atomic E-state index is 0.266. The largest absolute Gasteiger partial charge is 0.492 e. The first-order valence-electron chi connectivity index (χ1n) is 4.81. The van der Waals surface area contributed by atoms with Crippen molar-refractivity contribution in [1.82, 2.24) is 5.32 Å². The van der Waals surface area contributed by atoms with Crippen LogP contribution in [0.15, 0.2) is 18.2 Å². The second-order valence-electron chi connectivity index (χ2n) is 3.15. The SMILES string of the molecule is NC(=S)NCCOc1ccc2c(c1)OCO2. The quantitative estimate of drug-likeness (QED) is 0.594. The fourth-order valence-corrected chi connectivity index (χ4v) is 1.41. The Morgan fingerprint density at radius 1 is 1.44 bits per heavy atom. The van der Waals surface area contributed by atoms with Crippen molar-refractivity contribution in [1.29, 1.82) is 0 Å². The second-order valence-corrected chi connectivity index (χ2v) is 3.59. The summed E-state index contributed by atoms with van der Waals surface area (Å²) < 4.78 is 15.9. The van der Waals surface area contributed by atoms with Gasteiger partial charge in [-0.3, -0.25) is 0 Å². The summed E-state index contributed by atoms with van der Waals surface area (Å²) in [6.45, 7) is 1.32. The number of hydrogen-bond acceptors (Lipinski definition) is 4. The highest BCUT2D eigenvalue weighted by molar-refractivity contribution is 7.80. The predicted octanol–water partition coefficient (Wildman–Crippen LogP) is 0.627. The van der Waals surface area contributed by atoms with E-state index >= 15 is 0 Å². The number of fused-ring (bicyclic) bond motifs is 1. The van der Waals surface area contributed by atoms with E-state index in [2.05, 4.69) is 17.5 Å². The Balaban J connectivity index is 1.83. The summed E-state index contributed by atoms with van der Waals surface area (Å²) in [7, 11) is 0. The van der Waals surface area contributed by atoms with Crippen molar-refractivity contribution in [2.45, 2.75) is 0 Å². The van der Waals surface area contributed by atoms with Crippen molar-refractivity contribution < 1.29 is 14.2 Å². The molecule has 0 aromatic heterocycles. The highest BCUT2D eigenvalue weighted by atomic mass is 32.1. The highest BCUT2D eigenvalue weighted by Gasteiger charge is 2.13. The van der Waals surface area contributed by atoms with E-state index in [1.807, 2.05) is 12.1 Å². The molecule has 86 valence electrons. The maximum Gasteiger partial charge on any atom is 0.231 e. The smallest absolute Gasteiger partial charge is 0.231 e. The van der Waals surface area contributed by atoms with Crippen molar-refractivity contribution in [2.24, 2.45) is 5.73 Å². The van der Waals surface area contributed by atoms with Gasteiger partial charge in [0.05, 0.1) is 6.54 Å². The number of benzene rings is 1.